The smallest absolute Gasteiger partial charge is 0.145 e. The first-order chi connectivity index (χ1) is 36.0. The Bertz CT molecular complexity index is 4420. The van der Waals surface area contributed by atoms with E-state index in [0.29, 0.717) is 6.67 Å². The Hall–Kier alpha value is -9.45. The Morgan fingerprint density at radius 2 is 0.918 bits per heavy atom. The number of para-hydroxylation sites is 3. The van der Waals surface area contributed by atoms with Crippen LogP contribution >= 0.6 is 0 Å². The Labute approximate surface area is 422 Å². The maximum atomic E-state index is 7.13. The molecule has 0 bridgehead atoms. The van der Waals surface area contributed by atoms with E-state index in [1.165, 1.54) is 93.8 Å². The van der Waals surface area contributed by atoms with Gasteiger partial charge in [-0.25, -0.2) is 4.98 Å². The summed E-state index contributed by atoms with van der Waals surface area (Å²) in [7, 11) is 0. The van der Waals surface area contributed by atoms with Gasteiger partial charge >= 0.3 is 0 Å². The van der Waals surface area contributed by atoms with Crippen molar-refractivity contribution in [1.29, 1.82) is 0 Å². The first kappa shape index (κ1) is 41.3. The van der Waals surface area contributed by atoms with Crippen LogP contribution in [0.5, 0.6) is 11.5 Å². The highest BCUT2D eigenvalue weighted by molar-refractivity contribution is 6.25. The monoisotopic (exact) mass is 934 g/mol. The number of hydrogen-bond donors (Lipinski definition) is 0. The minimum atomic E-state index is 0.604. The van der Waals surface area contributed by atoms with E-state index in [2.05, 4.69) is 253 Å². The van der Waals surface area contributed by atoms with E-state index in [9.17, 15) is 0 Å². The molecule has 0 saturated carbocycles. The summed E-state index contributed by atoms with van der Waals surface area (Å²) < 4.78 is 9.51. The minimum Gasteiger partial charge on any atom is -0.457 e. The van der Waals surface area contributed by atoms with Crippen LogP contribution in [0.25, 0.3) is 104 Å². The normalized spacial score (nSPS) is 12.7. The lowest BCUT2D eigenvalue weighted by molar-refractivity contribution is 0.483. The first-order valence-corrected chi connectivity index (χ1v) is 25.1. The number of nitrogens with zero attached hydrogens (tertiary/aromatic N) is 4. The van der Waals surface area contributed by atoms with Gasteiger partial charge in [-0.3, -0.25) is 4.40 Å². The van der Waals surface area contributed by atoms with E-state index >= 15 is 0 Å². The van der Waals surface area contributed by atoms with Gasteiger partial charge in [-0.2, -0.15) is 0 Å². The van der Waals surface area contributed by atoms with E-state index in [0.717, 1.165) is 55.9 Å². The number of ether oxygens (including phenoxy) is 1. The molecule has 0 fully saturated rings. The van der Waals surface area contributed by atoms with Crippen LogP contribution in [-0.4, -0.2) is 16.1 Å². The van der Waals surface area contributed by atoms with Crippen molar-refractivity contribution in [3.8, 4) is 56.0 Å². The van der Waals surface area contributed by atoms with Gasteiger partial charge in [0.1, 0.15) is 23.8 Å². The molecule has 2 aliphatic rings. The van der Waals surface area contributed by atoms with Gasteiger partial charge in [0.25, 0.3) is 0 Å². The highest BCUT2D eigenvalue weighted by Gasteiger charge is 2.37. The van der Waals surface area contributed by atoms with Crippen LogP contribution in [0.15, 0.2) is 231 Å². The van der Waals surface area contributed by atoms with Crippen molar-refractivity contribution in [2.24, 2.45) is 0 Å². The maximum absolute atomic E-state index is 7.13. The molecule has 5 heterocycles. The second-order valence-corrected chi connectivity index (χ2v) is 19.6. The number of benzene rings is 10. The summed E-state index contributed by atoms with van der Waals surface area (Å²) in [5.74, 6) is 1.51. The molecular weight excluding hydrogens is 889 g/mol. The summed E-state index contributed by atoms with van der Waals surface area (Å²) in [5, 5.41) is 9.36. The minimum absolute atomic E-state index is 0.604. The number of pyridine rings is 1. The van der Waals surface area contributed by atoms with Gasteiger partial charge < -0.3 is 14.5 Å². The zero-order chi connectivity index (χ0) is 48.3. The van der Waals surface area contributed by atoms with Crippen LogP contribution in [0.4, 0.5) is 22.7 Å². The number of fused-ring (bicyclic) bond motifs is 15. The molecule has 0 unspecified atom stereocenters. The molecule has 73 heavy (non-hydrogen) atoms. The lowest BCUT2D eigenvalue weighted by Gasteiger charge is -2.28. The molecule has 2 aliphatic heterocycles. The van der Waals surface area contributed by atoms with Gasteiger partial charge in [0.05, 0.1) is 33.8 Å². The van der Waals surface area contributed by atoms with Crippen molar-refractivity contribution in [2.75, 3.05) is 16.5 Å². The van der Waals surface area contributed by atoms with E-state index in [1.54, 1.807) is 0 Å². The first-order valence-electron chi connectivity index (χ1n) is 25.1. The molecule has 0 N–H and O–H groups in total. The van der Waals surface area contributed by atoms with E-state index < -0.39 is 0 Å². The third kappa shape index (κ3) is 6.32. The molecule has 5 nitrogen and oxygen atoms in total. The largest absolute Gasteiger partial charge is 0.457 e. The molecule has 0 saturated heterocycles. The lowest BCUT2D eigenvalue weighted by Crippen LogP contribution is -2.25. The zero-order valence-corrected chi connectivity index (χ0v) is 40.3. The fourth-order valence-corrected chi connectivity index (χ4v) is 12.1. The van der Waals surface area contributed by atoms with Crippen LogP contribution in [0.2, 0.25) is 0 Å². The van der Waals surface area contributed by atoms with Crippen molar-refractivity contribution in [1.82, 2.24) is 9.38 Å². The van der Waals surface area contributed by atoms with Crippen molar-refractivity contribution >= 4 is 82.5 Å². The summed E-state index contributed by atoms with van der Waals surface area (Å²) in [6, 6.07) is 81.8. The summed E-state index contributed by atoms with van der Waals surface area (Å²) >= 11 is 0. The van der Waals surface area contributed by atoms with E-state index in [-0.39, 0.29) is 0 Å². The molecule has 0 atom stereocenters. The summed E-state index contributed by atoms with van der Waals surface area (Å²) in [6.45, 7) is 4.96. The van der Waals surface area contributed by atoms with Crippen molar-refractivity contribution in [3.63, 3.8) is 0 Å². The van der Waals surface area contributed by atoms with Gasteiger partial charge in [0.15, 0.2) is 0 Å². The zero-order valence-electron chi connectivity index (χ0n) is 40.3. The second kappa shape index (κ2) is 16.0. The average molecular weight is 935 g/mol. The predicted octanol–water partition coefficient (Wildman–Crippen LogP) is 18.3. The van der Waals surface area contributed by atoms with Crippen LogP contribution in [0.3, 0.4) is 0 Å². The molecule has 0 radical (unpaired) electrons. The number of aromatic nitrogens is 2. The molecule has 0 aliphatic carbocycles. The molecule has 10 aromatic carbocycles. The third-order valence-electron chi connectivity index (χ3n) is 15.3. The quantitative estimate of drug-likeness (QED) is 0.172. The van der Waals surface area contributed by atoms with Gasteiger partial charge in [0.2, 0.25) is 0 Å². The van der Waals surface area contributed by atoms with Crippen LogP contribution in [0, 0.1) is 13.8 Å². The highest BCUT2D eigenvalue weighted by Crippen LogP contribution is 2.58. The average Bonchev–Trinajstić information content (AvgIpc) is 3.97. The molecule has 0 spiro atoms. The van der Waals surface area contributed by atoms with Gasteiger partial charge in [-0.05, 0) is 100 Å². The lowest BCUT2D eigenvalue weighted by atomic mass is 9.93. The second-order valence-electron chi connectivity index (χ2n) is 19.6. The van der Waals surface area contributed by atoms with Crippen LogP contribution in [-0.2, 0) is 0 Å². The summed E-state index contributed by atoms with van der Waals surface area (Å²) in [6.07, 6.45) is 1.92. The van der Waals surface area contributed by atoms with Gasteiger partial charge in [0, 0.05) is 62.1 Å². The Balaban J connectivity index is 0.931. The predicted molar refractivity (Wildman–Crippen MR) is 305 cm³/mol. The maximum Gasteiger partial charge on any atom is 0.145 e. The molecule has 0 amide bonds. The summed E-state index contributed by atoms with van der Waals surface area (Å²) in [5.41, 5.74) is 19.6. The molecule has 13 aromatic rings. The standard InChI is InChI=1S/C68H46N4O/c1-42-28-32-52-53-33-29-43(2)38-61(53)59-26-14-36-69-68(59)72-64-40-47(31-35-55(64)57-23-12-24-58(66(57)72)60(52)37-42)73-46-30-34-54-50-19-9-10-20-51(50)56-25-13-27-62-67(56)71(63(54)39-46)41-70(62)65-48(44-15-5-3-6-16-44)21-11-22-49(65)45-17-7-4-8-18-45/h3-40H,41H2,1-2H3. The third-order valence-corrected chi connectivity index (χ3v) is 15.3. The molecule has 344 valence electrons. The van der Waals surface area contributed by atoms with E-state index in [4.69, 9.17) is 9.72 Å². The highest BCUT2D eigenvalue weighted by atomic mass is 16.5. The fraction of sp³-hybridized carbons (Fsp3) is 0.0441. The molecule has 15 rings (SSSR count). The molecule has 3 aromatic heterocycles. The topological polar surface area (TPSA) is 33.0 Å². The van der Waals surface area contributed by atoms with Gasteiger partial charge in [-0.15, -0.1) is 0 Å². The SMILES string of the molecule is Cc1ccc2c3ccc(C)cc3c3cccc4c5ccc(Oc6ccc7c(c6)N6CN(c8c(-c9ccccc9)cccc8-c8ccccc8)c8cccc(c86)-c6ccccc6-7)cc5n(c5ncccc5c2c1)c34. The number of anilines is 4. The van der Waals surface area contributed by atoms with Crippen LogP contribution in [0.1, 0.15) is 11.1 Å². The summed E-state index contributed by atoms with van der Waals surface area (Å²) in [4.78, 5) is 10.3. The fourth-order valence-electron chi connectivity index (χ4n) is 12.1. The molecular formula is C68H46N4O. The van der Waals surface area contributed by atoms with Crippen molar-refractivity contribution in [2.45, 2.75) is 13.8 Å². The Morgan fingerprint density at radius 3 is 1.64 bits per heavy atom. The number of rotatable bonds is 5. The van der Waals surface area contributed by atoms with Crippen molar-refractivity contribution in [3.05, 3.63) is 242 Å². The van der Waals surface area contributed by atoms with Crippen LogP contribution < -0.4 is 14.5 Å². The Morgan fingerprint density at radius 1 is 0.370 bits per heavy atom. The van der Waals surface area contributed by atoms with Crippen molar-refractivity contribution < 1.29 is 4.74 Å². The number of hydrogen-bond acceptors (Lipinski definition) is 4. The van der Waals surface area contributed by atoms with Gasteiger partial charge in [-0.1, -0.05) is 181 Å². The number of aryl methyl sites for hydroxylation is 2. The molecule has 5 heteroatoms. The Kier molecular flexibility index (Phi) is 9.08. The van der Waals surface area contributed by atoms with E-state index in [1.807, 2.05) is 6.20 Å².